The van der Waals surface area contributed by atoms with E-state index in [1.165, 1.54) is 19.3 Å². The minimum Gasteiger partial charge on any atom is -0.316 e. The Kier molecular flexibility index (Phi) is 7.80. The fourth-order valence-electron chi connectivity index (χ4n) is 3.40. The Bertz CT molecular complexity index is 363. The van der Waals surface area contributed by atoms with Crippen LogP contribution in [0.5, 0.6) is 0 Å². The van der Waals surface area contributed by atoms with Crippen LogP contribution in [0, 0.1) is 11.8 Å². The van der Waals surface area contributed by atoms with Gasteiger partial charge in [-0.1, -0.05) is 19.3 Å². The summed E-state index contributed by atoms with van der Waals surface area (Å²) in [5.41, 5.74) is 0. The molecule has 2 N–H and O–H groups in total. The Morgan fingerprint density at radius 2 is 1.85 bits per heavy atom. The lowest BCUT2D eigenvalue weighted by Gasteiger charge is -2.29. The molecule has 2 fully saturated rings. The molecule has 2 atom stereocenters. The number of sulfonamides is 1. The first-order chi connectivity index (χ1) is 9.07. The fourth-order valence-corrected chi connectivity index (χ4v) is 5.21. The lowest BCUT2D eigenvalue weighted by atomic mass is 9.91. The zero-order valence-electron chi connectivity index (χ0n) is 12.4. The van der Waals surface area contributed by atoms with Crippen molar-refractivity contribution in [2.45, 2.75) is 57.9 Å². The number of hydrogen-bond donors (Lipinski definition) is 2. The molecule has 6 heteroatoms. The van der Waals surface area contributed by atoms with Crippen LogP contribution < -0.4 is 10.0 Å². The van der Waals surface area contributed by atoms with Crippen LogP contribution in [-0.4, -0.2) is 33.3 Å². The van der Waals surface area contributed by atoms with Crippen molar-refractivity contribution in [3.63, 3.8) is 0 Å². The summed E-state index contributed by atoms with van der Waals surface area (Å²) in [5.74, 6) is 1.15. The third-order valence-electron chi connectivity index (χ3n) is 4.59. The Morgan fingerprint density at radius 3 is 2.45 bits per heavy atom. The standard InChI is InChI=1S/C14H28N2O2S.ClH/c1-12(14-8-5-9-15-10-14)16-19(17,18)11-13-6-3-2-4-7-13;/h12-16H,2-11H2,1H3;1H. The van der Waals surface area contributed by atoms with Gasteiger partial charge in [-0.15, -0.1) is 12.4 Å². The summed E-state index contributed by atoms with van der Waals surface area (Å²) in [4.78, 5) is 0. The molecule has 1 heterocycles. The summed E-state index contributed by atoms with van der Waals surface area (Å²) in [6.45, 7) is 4.02. The Hall–Kier alpha value is 0.160. The molecule has 2 rings (SSSR count). The minimum absolute atomic E-state index is 0. The van der Waals surface area contributed by atoms with E-state index in [2.05, 4.69) is 10.0 Å². The maximum Gasteiger partial charge on any atom is 0.212 e. The Labute approximate surface area is 129 Å². The quantitative estimate of drug-likeness (QED) is 0.816. The molecule has 1 aliphatic heterocycles. The summed E-state index contributed by atoms with van der Waals surface area (Å²) in [6.07, 6.45) is 8.11. The van der Waals surface area contributed by atoms with Crippen molar-refractivity contribution in [3.05, 3.63) is 0 Å². The number of rotatable bonds is 5. The van der Waals surface area contributed by atoms with Crippen LogP contribution in [0.1, 0.15) is 51.9 Å². The van der Waals surface area contributed by atoms with Crippen LogP contribution in [0.3, 0.4) is 0 Å². The van der Waals surface area contributed by atoms with Gasteiger partial charge in [0, 0.05) is 6.04 Å². The predicted molar refractivity (Wildman–Crippen MR) is 85.8 cm³/mol. The van der Waals surface area contributed by atoms with Crippen molar-refractivity contribution >= 4 is 22.4 Å². The van der Waals surface area contributed by atoms with Crippen molar-refractivity contribution in [2.75, 3.05) is 18.8 Å². The van der Waals surface area contributed by atoms with E-state index < -0.39 is 10.0 Å². The topological polar surface area (TPSA) is 58.2 Å². The molecule has 1 saturated carbocycles. The highest BCUT2D eigenvalue weighted by Crippen LogP contribution is 2.25. The smallest absolute Gasteiger partial charge is 0.212 e. The summed E-state index contributed by atoms with van der Waals surface area (Å²) in [6, 6.07) is 0.0568. The van der Waals surface area contributed by atoms with E-state index in [1.54, 1.807) is 0 Å². The molecule has 0 aromatic carbocycles. The van der Waals surface area contributed by atoms with Gasteiger partial charge in [0.2, 0.25) is 10.0 Å². The molecule has 0 aromatic heterocycles. The number of nitrogens with one attached hydrogen (secondary N) is 2. The normalized spacial score (nSPS) is 26.8. The molecule has 4 nitrogen and oxygen atoms in total. The van der Waals surface area contributed by atoms with Gasteiger partial charge in [-0.2, -0.15) is 0 Å². The van der Waals surface area contributed by atoms with E-state index >= 15 is 0 Å². The summed E-state index contributed by atoms with van der Waals surface area (Å²) < 4.78 is 27.3. The highest BCUT2D eigenvalue weighted by molar-refractivity contribution is 7.89. The van der Waals surface area contributed by atoms with Gasteiger partial charge in [0.1, 0.15) is 0 Å². The predicted octanol–water partition coefficient (Wildman–Crippen LogP) is 2.30. The molecular weight excluding hydrogens is 296 g/mol. The van der Waals surface area contributed by atoms with Crippen LogP contribution >= 0.6 is 12.4 Å². The van der Waals surface area contributed by atoms with Crippen molar-refractivity contribution in [2.24, 2.45) is 11.8 Å². The van der Waals surface area contributed by atoms with Gasteiger partial charge in [0.05, 0.1) is 5.75 Å². The highest BCUT2D eigenvalue weighted by atomic mass is 35.5. The van der Waals surface area contributed by atoms with Gasteiger partial charge in [-0.3, -0.25) is 0 Å². The molecule has 20 heavy (non-hydrogen) atoms. The average Bonchev–Trinajstić information content (AvgIpc) is 2.39. The van der Waals surface area contributed by atoms with Gasteiger partial charge in [-0.05, 0) is 57.5 Å². The van der Waals surface area contributed by atoms with Gasteiger partial charge in [0.15, 0.2) is 0 Å². The Morgan fingerprint density at radius 1 is 1.15 bits per heavy atom. The van der Waals surface area contributed by atoms with E-state index in [1.807, 2.05) is 6.92 Å². The molecule has 0 aromatic rings. The van der Waals surface area contributed by atoms with Crippen LogP contribution in [0.2, 0.25) is 0 Å². The lowest BCUT2D eigenvalue weighted by Crippen LogP contribution is -2.45. The van der Waals surface area contributed by atoms with Crippen LogP contribution in [0.25, 0.3) is 0 Å². The third-order valence-corrected chi connectivity index (χ3v) is 6.23. The number of piperidine rings is 1. The van der Waals surface area contributed by atoms with Crippen molar-refractivity contribution < 1.29 is 8.42 Å². The molecule has 0 bridgehead atoms. The van der Waals surface area contributed by atoms with E-state index in [0.29, 0.717) is 17.6 Å². The van der Waals surface area contributed by atoms with Crippen molar-refractivity contribution in [3.8, 4) is 0 Å². The molecule has 2 aliphatic rings. The van der Waals surface area contributed by atoms with Gasteiger partial charge >= 0.3 is 0 Å². The van der Waals surface area contributed by atoms with E-state index in [4.69, 9.17) is 0 Å². The molecule has 0 spiro atoms. The lowest BCUT2D eigenvalue weighted by molar-refractivity contribution is 0.318. The first-order valence-corrected chi connectivity index (χ1v) is 9.43. The first-order valence-electron chi connectivity index (χ1n) is 7.77. The molecule has 2 unspecified atom stereocenters. The summed E-state index contributed by atoms with van der Waals surface area (Å²) in [5, 5.41) is 3.35. The number of hydrogen-bond acceptors (Lipinski definition) is 3. The maximum atomic E-state index is 12.2. The minimum atomic E-state index is -3.11. The zero-order valence-corrected chi connectivity index (χ0v) is 14.1. The molecule has 1 saturated heterocycles. The van der Waals surface area contributed by atoms with Crippen LogP contribution in [-0.2, 0) is 10.0 Å². The van der Waals surface area contributed by atoms with Crippen LogP contribution in [0.15, 0.2) is 0 Å². The maximum absolute atomic E-state index is 12.2. The summed E-state index contributed by atoms with van der Waals surface area (Å²) >= 11 is 0. The summed E-state index contributed by atoms with van der Waals surface area (Å²) in [7, 11) is -3.11. The van der Waals surface area contributed by atoms with Gasteiger partial charge in [0.25, 0.3) is 0 Å². The third kappa shape index (κ3) is 5.88. The molecular formula is C14H29ClN2O2S. The largest absolute Gasteiger partial charge is 0.316 e. The molecule has 0 amide bonds. The fraction of sp³-hybridized carbons (Fsp3) is 1.00. The molecule has 120 valence electrons. The zero-order chi connectivity index (χ0) is 13.7. The Balaban J connectivity index is 0.00000200. The second kappa shape index (κ2) is 8.57. The van der Waals surface area contributed by atoms with Crippen molar-refractivity contribution in [1.82, 2.24) is 10.0 Å². The van der Waals surface area contributed by atoms with E-state index in [0.717, 1.165) is 38.8 Å². The SMILES string of the molecule is CC(NS(=O)(=O)CC1CCCCC1)C1CCCNC1.Cl. The highest BCUT2D eigenvalue weighted by Gasteiger charge is 2.26. The molecule has 1 aliphatic carbocycles. The second-order valence-electron chi connectivity index (χ2n) is 6.30. The van der Waals surface area contributed by atoms with Crippen LogP contribution in [0.4, 0.5) is 0 Å². The first kappa shape index (κ1) is 18.2. The monoisotopic (exact) mass is 324 g/mol. The van der Waals surface area contributed by atoms with E-state index in [-0.39, 0.29) is 18.4 Å². The number of halogens is 1. The van der Waals surface area contributed by atoms with Gasteiger partial charge < -0.3 is 5.32 Å². The van der Waals surface area contributed by atoms with Crippen molar-refractivity contribution in [1.29, 1.82) is 0 Å². The second-order valence-corrected chi connectivity index (χ2v) is 8.10. The molecule has 0 radical (unpaired) electrons. The van der Waals surface area contributed by atoms with E-state index in [9.17, 15) is 8.42 Å². The average molecular weight is 325 g/mol. The van der Waals surface area contributed by atoms with Gasteiger partial charge in [-0.25, -0.2) is 13.1 Å².